The minimum atomic E-state index is -0.479. The summed E-state index contributed by atoms with van der Waals surface area (Å²) < 4.78 is 10.9. The van der Waals surface area contributed by atoms with Crippen LogP contribution < -0.4 is 20.7 Å². The molecule has 0 bridgehead atoms. The lowest BCUT2D eigenvalue weighted by Gasteiger charge is -2.19. The summed E-state index contributed by atoms with van der Waals surface area (Å²) in [6, 6.07) is 10.2. The van der Waals surface area contributed by atoms with Crippen molar-refractivity contribution in [2.75, 3.05) is 38.1 Å². The van der Waals surface area contributed by atoms with E-state index in [1.807, 2.05) is 12.1 Å². The van der Waals surface area contributed by atoms with E-state index in [1.54, 1.807) is 24.3 Å². The van der Waals surface area contributed by atoms with E-state index in [4.69, 9.17) is 9.15 Å². The van der Waals surface area contributed by atoms with Gasteiger partial charge in [0.25, 0.3) is 0 Å². The highest BCUT2D eigenvalue weighted by atomic mass is 16.5. The fourth-order valence-corrected chi connectivity index (χ4v) is 2.51. The maximum atomic E-state index is 12.1. The van der Waals surface area contributed by atoms with E-state index in [2.05, 4.69) is 34.7 Å². The molecular formula is C20H28N4O4. The van der Waals surface area contributed by atoms with Gasteiger partial charge < -0.3 is 30.0 Å². The van der Waals surface area contributed by atoms with E-state index in [-0.39, 0.29) is 19.0 Å². The van der Waals surface area contributed by atoms with Crippen molar-refractivity contribution in [3.63, 3.8) is 0 Å². The molecular weight excluding hydrogens is 360 g/mol. The Labute approximate surface area is 165 Å². The van der Waals surface area contributed by atoms with Crippen LogP contribution in [-0.2, 0) is 11.3 Å². The van der Waals surface area contributed by atoms with Gasteiger partial charge in [-0.2, -0.15) is 0 Å². The molecule has 0 unspecified atom stereocenters. The van der Waals surface area contributed by atoms with Crippen LogP contribution in [0.3, 0.4) is 0 Å². The topological polar surface area (TPSA) is 95.8 Å². The molecule has 8 nitrogen and oxygen atoms in total. The first-order chi connectivity index (χ1) is 13.6. The number of benzene rings is 1. The summed E-state index contributed by atoms with van der Waals surface area (Å²) >= 11 is 0. The van der Waals surface area contributed by atoms with E-state index >= 15 is 0 Å². The Hall–Kier alpha value is -3.00. The van der Waals surface area contributed by atoms with Gasteiger partial charge in [-0.05, 0) is 37.4 Å². The van der Waals surface area contributed by atoms with Crippen LogP contribution in [0.15, 0.2) is 47.1 Å². The lowest BCUT2D eigenvalue weighted by Crippen LogP contribution is -2.38. The first-order valence-electron chi connectivity index (χ1n) is 9.40. The number of para-hydroxylation sites is 2. The van der Waals surface area contributed by atoms with E-state index in [1.165, 1.54) is 6.26 Å². The van der Waals surface area contributed by atoms with Crippen LogP contribution >= 0.6 is 0 Å². The number of amides is 3. The zero-order chi connectivity index (χ0) is 20.2. The summed E-state index contributed by atoms with van der Waals surface area (Å²) in [6.45, 7) is 7.60. The average molecular weight is 388 g/mol. The summed E-state index contributed by atoms with van der Waals surface area (Å²) in [5.41, 5.74) is 0.551. The average Bonchev–Trinajstić information content (AvgIpc) is 3.23. The molecule has 3 N–H and O–H groups in total. The number of likely N-dealkylation sites (N-methyl/N-ethyl adjacent to an activating group) is 1. The van der Waals surface area contributed by atoms with Gasteiger partial charge in [0.15, 0.2) is 0 Å². The molecule has 2 aromatic rings. The maximum absolute atomic E-state index is 12.1. The van der Waals surface area contributed by atoms with Crippen molar-refractivity contribution in [1.82, 2.24) is 15.5 Å². The van der Waals surface area contributed by atoms with Gasteiger partial charge in [0, 0.05) is 6.54 Å². The van der Waals surface area contributed by atoms with Gasteiger partial charge in [0.05, 0.1) is 25.0 Å². The summed E-state index contributed by atoms with van der Waals surface area (Å²) in [5, 5.41) is 7.90. The maximum Gasteiger partial charge on any atom is 0.319 e. The third-order valence-corrected chi connectivity index (χ3v) is 4.14. The van der Waals surface area contributed by atoms with E-state index < -0.39 is 6.03 Å². The number of rotatable bonds is 11. The molecule has 0 fully saturated rings. The summed E-state index contributed by atoms with van der Waals surface area (Å²) in [4.78, 5) is 26.1. The molecule has 3 amide bonds. The van der Waals surface area contributed by atoms with Gasteiger partial charge in [-0.1, -0.05) is 26.0 Å². The number of furan rings is 1. The van der Waals surface area contributed by atoms with Gasteiger partial charge in [0.1, 0.15) is 18.1 Å². The monoisotopic (exact) mass is 388 g/mol. The number of hydrogen-bond donors (Lipinski definition) is 3. The van der Waals surface area contributed by atoms with Crippen molar-refractivity contribution >= 4 is 17.6 Å². The van der Waals surface area contributed by atoms with Crippen LogP contribution in [0.25, 0.3) is 0 Å². The van der Waals surface area contributed by atoms with E-state index in [0.717, 1.165) is 19.6 Å². The van der Waals surface area contributed by atoms with Gasteiger partial charge in [0.2, 0.25) is 5.91 Å². The molecule has 1 aromatic carbocycles. The van der Waals surface area contributed by atoms with Gasteiger partial charge in [-0.25, -0.2) is 4.79 Å². The van der Waals surface area contributed by atoms with Crippen LogP contribution in [0, 0.1) is 0 Å². The van der Waals surface area contributed by atoms with Crippen LogP contribution in [0.5, 0.6) is 5.75 Å². The molecule has 152 valence electrons. The number of hydrogen-bond acceptors (Lipinski definition) is 5. The van der Waals surface area contributed by atoms with Gasteiger partial charge >= 0.3 is 6.03 Å². The Bertz CT molecular complexity index is 730. The fourth-order valence-electron chi connectivity index (χ4n) is 2.51. The highest BCUT2D eigenvalue weighted by Gasteiger charge is 2.10. The quantitative estimate of drug-likeness (QED) is 0.549. The van der Waals surface area contributed by atoms with Crippen molar-refractivity contribution < 1.29 is 18.7 Å². The molecule has 1 heterocycles. The number of ether oxygens (including phenoxy) is 1. The second kappa shape index (κ2) is 11.7. The van der Waals surface area contributed by atoms with Crippen LogP contribution in [0.1, 0.15) is 19.6 Å². The second-order valence-corrected chi connectivity index (χ2v) is 6.04. The minimum Gasteiger partial charge on any atom is -0.490 e. The molecule has 0 saturated carbocycles. The third-order valence-electron chi connectivity index (χ3n) is 4.14. The zero-order valence-electron chi connectivity index (χ0n) is 16.4. The summed E-state index contributed by atoms with van der Waals surface area (Å²) in [5.74, 6) is 0.927. The molecule has 0 aliphatic heterocycles. The Morgan fingerprint density at radius 2 is 1.86 bits per heavy atom. The van der Waals surface area contributed by atoms with Crippen molar-refractivity contribution in [3.8, 4) is 5.75 Å². The van der Waals surface area contributed by atoms with Crippen molar-refractivity contribution in [2.24, 2.45) is 0 Å². The molecule has 28 heavy (non-hydrogen) atoms. The Morgan fingerprint density at radius 3 is 2.57 bits per heavy atom. The lowest BCUT2D eigenvalue weighted by atomic mass is 10.3. The highest BCUT2D eigenvalue weighted by molar-refractivity contribution is 5.93. The van der Waals surface area contributed by atoms with E-state index in [9.17, 15) is 9.59 Å². The predicted octanol–water partition coefficient (Wildman–Crippen LogP) is 2.44. The smallest absolute Gasteiger partial charge is 0.319 e. The number of carbonyl (C=O) groups is 2. The Kier molecular flexibility index (Phi) is 8.87. The first kappa shape index (κ1) is 21.3. The van der Waals surface area contributed by atoms with Crippen molar-refractivity contribution in [1.29, 1.82) is 0 Å². The molecule has 0 saturated heterocycles. The number of nitrogens with one attached hydrogen (secondary N) is 3. The normalized spacial score (nSPS) is 10.5. The number of urea groups is 1. The summed E-state index contributed by atoms with van der Waals surface area (Å²) in [7, 11) is 0. The minimum absolute atomic E-state index is 0.141. The lowest BCUT2D eigenvalue weighted by molar-refractivity contribution is -0.120. The van der Waals surface area contributed by atoms with Crippen LogP contribution in [-0.4, -0.2) is 49.6 Å². The Balaban J connectivity index is 1.75. The Morgan fingerprint density at radius 1 is 1.07 bits per heavy atom. The van der Waals surface area contributed by atoms with E-state index in [0.29, 0.717) is 23.8 Å². The highest BCUT2D eigenvalue weighted by Crippen LogP contribution is 2.23. The van der Waals surface area contributed by atoms with Gasteiger partial charge in [-0.15, -0.1) is 0 Å². The number of anilines is 1. The fraction of sp³-hybridized carbons (Fsp3) is 0.400. The molecule has 0 spiro atoms. The first-order valence-corrected chi connectivity index (χ1v) is 9.40. The largest absolute Gasteiger partial charge is 0.490 e. The molecule has 2 rings (SSSR count). The molecule has 0 aliphatic rings. The van der Waals surface area contributed by atoms with Gasteiger partial charge in [-0.3, -0.25) is 4.79 Å². The third kappa shape index (κ3) is 7.32. The zero-order valence-corrected chi connectivity index (χ0v) is 16.4. The molecule has 0 radical (unpaired) electrons. The second-order valence-electron chi connectivity index (χ2n) is 6.04. The van der Waals surface area contributed by atoms with Crippen LogP contribution in [0.2, 0.25) is 0 Å². The molecule has 1 aromatic heterocycles. The summed E-state index contributed by atoms with van der Waals surface area (Å²) in [6.07, 6.45) is 1.54. The number of carbonyl (C=O) groups excluding carboxylic acids is 2. The number of nitrogens with zero attached hydrogens (tertiary/aromatic N) is 1. The van der Waals surface area contributed by atoms with Crippen LogP contribution in [0.4, 0.5) is 10.5 Å². The van der Waals surface area contributed by atoms with Crippen molar-refractivity contribution in [3.05, 3.63) is 48.4 Å². The molecule has 0 atom stereocenters. The standard InChI is InChI=1S/C20H28N4O4/c1-3-24(4-2)11-13-28-18-10-6-5-9-17(18)23-20(26)22-15-19(25)21-14-16-8-7-12-27-16/h5-10,12H,3-4,11,13-15H2,1-2H3,(H,21,25)(H2,22,23,26). The molecule has 8 heteroatoms. The predicted molar refractivity (Wildman–Crippen MR) is 107 cm³/mol. The van der Waals surface area contributed by atoms with Crippen molar-refractivity contribution in [2.45, 2.75) is 20.4 Å². The molecule has 0 aliphatic carbocycles. The SMILES string of the molecule is CCN(CC)CCOc1ccccc1NC(=O)NCC(=O)NCc1ccco1.